The Balaban J connectivity index is 2.43. The highest BCUT2D eigenvalue weighted by atomic mass is 16.5. The van der Waals surface area contributed by atoms with Crippen LogP contribution in [-0.4, -0.2) is 22.0 Å². The van der Waals surface area contributed by atoms with Gasteiger partial charge in [0.2, 0.25) is 11.8 Å². The predicted molar refractivity (Wildman–Crippen MR) is 63.8 cm³/mol. The zero-order valence-corrected chi connectivity index (χ0v) is 9.68. The molecular formula is C12H13N3O2. The fraction of sp³-hybridized carbons (Fsp3) is 0.250. The molecule has 2 rings (SSSR count). The summed E-state index contributed by atoms with van der Waals surface area (Å²) in [5.41, 5.74) is 6.91. The summed E-state index contributed by atoms with van der Waals surface area (Å²) in [4.78, 5) is 19.5. The van der Waals surface area contributed by atoms with Gasteiger partial charge in [-0.25, -0.2) is 9.97 Å². The zero-order chi connectivity index (χ0) is 12.4. The van der Waals surface area contributed by atoms with Crippen molar-refractivity contribution in [2.24, 2.45) is 5.73 Å². The van der Waals surface area contributed by atoms with E-state index in [4.69, 9.17) is 10.5 Å². The molecule has 0 unspecified atom stereocenters. The van der Waals surface area contributed by atoms with E-state index in [2.05, 4.69) is 9.97 Å². The van der Waals surface area contributed by atoms with Gasteiger partial charge in [-0.15, -0.1) is 0 Å². The van der Waals surface area contributed by atoms with E-state index in [-0.39, 0.29) is 6.10 Å². The first kappa shape index (κ1) is 11.3. The SMILES string of the molecule is CC(C)Oc1cnc2cc(C(N)=O)ccc2n1. The third-order valence-corrected chi connectivity index (χ3v) is 2.16. The monoisotopic (exact) mass is 231 g/mol. The summed E-state index contributed by atoms with van der Waals surface area (Å²) in [6, 6.07) is 4.94. The second-order valence-corrected chi connectivity index (χ2v) is 3.94. The number of primary amides is 1. The normalized spacial score (nSPS) is 10.8. The fourth-order valence-electron chi connectivity index (χ4n) is 1.45. The highest BCUT2D eigenvalue weighted by molar-refractivity contribution is 5.96. The van der Waals surface area contributed by atoms with E-state index in [0.29, 0.717) is 22.5 Å². The Morgan fingerprint density at radius 1 is 1.35 bits per heavy atom. The molecule has 0 aliphatic heterocycles. The molecule has 0 aliphatic carbocycles. The lowest BCUT2D eigenvalue weighted by Crippen LogP contribution is -2.11. The Labute approximate surface area is 98.6 Å². The van der Waals surface area contributed by atoms with Crippen LogP contribution in [0.15, 0.2) is 24.4 Å². The maximum Gasteiger partial charge on any atom is 0.248 e. The summed E-state index contributed by atoms with van der Waals surface area (Å²) in [6.45, 7) is 3.84. The number of carbonyl (C=O) groups is 1. The van der Waals surface area contributed by atoms with E-state index in [9.17, 15) is 4.79 Å². The molecule has 1 aromatic heterocycles. The van der Waals surface area contributed by atoms with E-state index in [1.165, 1.54) is 6.20 Å². The highest BCUT2D eigenvalue weighted by Gasteiger charge is 2.06. The van der Waals surface area contributed by atoms with Gasteiger partial charge in [0.25, 0.3) is 0 Å². The van der Waals surface area contributed by atoms with Crippen LogP contribution in [0.4, 0.5) is 0 Å². The number of aromatic nitrogens is 2. The first-order chi connectivity index (χ1) is 8.06. The Morgan fingerprint density at radius 3 is 2.76 bits per heavy atom. The summed E-state index contributed by atoms with van der Waals surface area (Å²) in [7, 11) is 0. The number of carbonyl (C=O) groups excluding carboxylic acids is 1. The lowest BCUT2D eigenvalue weighted by Gasteiger charge is -2.08. The quantitative estimate of drug-likeness (QED) is 0.868. The molecule has 1 heterocycles. The Bertz CT molecular complexity index is 567. The van der Waals surface area contributed by atoms with Gasteiger partial charge in [0.15, 0.2) is 0 Å². The molecule has 0 atom stereocenters. The van der Waals surface area contributed by atoms with Crippen LogP contribution in [0.1, 0.15) is 24.2 Å². The topological polar surface area (TPSA) is 78.1 Å². The van der Waals surface area contributed by atoms with Gasteiger partial charge in [-0.05, 0) is 32.0 Å². The molecule has 0 spiro atoms. The maximum absolute atomic E-state index is 11.0. The molecule has 0 saturated carbocycles. The van der Waals surface area contributed by atoms with Gasteiger partial charge in [0, 0.05) is 5.56 Å². The molecule has 0 radical (unpaired) electrons. The number of nitrogens with two attached hydrogens (primary N) is 1. The molecule has 0 fully saturated rings. The van der Waals surface area contributed by atoms with Crippen LogP contribution in [0, 0.1) is 0 Å². The van der Waals surface area contributed by atoms with Crippen LogP contribution in [-0.2, 0) is 0 Å². The average Bonchev–Trinajstić information content (AvgIpc) is 2.27. The molecule has 5 nitrogen and oxygen atoms in total. The van der Waals surface area contributed by atoms with E-state index < -0.39 is 5.91 Å². The lowest BCUT2D eigenvalue weighted by atomic mass is 10.2. The highest BCUT2D eigenvalue weighted by Crippen LogP contribution is 2.16. The number of amides is 1. The van der Waals surface area contributed by atoms with Crippen molar-refractivity contribution in [3.8, 4) is 5.88 Å². The standard InChI is InChI=1S/C12H13N3O2/c1-7(2)17-11-6-14-10-5-8(12(13)16)3-4-9(10)15-11/h3-7H,1-2H3,(H2,13,16). The summed E-state index contributed by atoms with van der Waals surface area (Å²) in [5, 5.41) is 0. The molecule has 1 aromatic carbocycles. The average molecular weight is 231 g/mol. The third-order valence-electron chi connectivity index (χ3n) is 2.16. The van der Waals surface area contributed by atoms with Crippen LogP contribution >= 0.6 is 0 Å². The van der Waals surface area contributed by atoms with E-state index in [1.807, 2.05) is 13.8 Å². The summed E-state index contributed by atoms with van der Waals surface area (Å²) < 4.78 is 5.43. The molecule has 17 heavy (non-hydrogen) atoms. The smallest absolute Gasteiger partial charge is 0.248 e. The van der Waals surface area contributed by atoms with Gasteiger partial charge in [-0.2, -0.15) is 0 Å². The zero-order valence-electron chi connectivity index (χ0n) is 9.68. The summed E-state index contributed by atoms with van der Waals surface area (Å²) in [6.07, 6.45) is 1.58. The third kappa shape index (κ3) is 2.50. The van der Waals surface area contributed by atoms with Gasteiger partial charge in [-0.1, -0.05) is 0 Å². The number of nitrogens with zero attached hydrogens (tertiary/aromatic N) is 2. The molecule has 1 amide bonds. The van der Waals surface area contributed by atoms with Crippen molar-refractivity contribution in [2.75, 3.05) is 0 Å². The van der Waals surface area contributed by atoms with Crippen LogP contribution in [0.25, 0.3) is 11.0 Å². The van der Waals surface area contributed by atoms with E-state index in [1.54, 1.807) is 18.2 Å². The van der Waals surface area contributed by atoms with Crippen LogP contribution in [0.5, 0.6) is 5.88 Å². The van der Waals surface area contributed by atoms with Gasteiger partial charge in [-0.3, -0.25) is 4.79 Å². The summed E-state index contributed by atoms with van der Waals surface area (Å²) >= 11 is 0. The van der Waals surface area contributed by atoms with Crippen LogP contribution in [0.2, 0.25) is 0 Å². The maximum atomic E-state index is 11.0. The Morgan fingerprint density at radius 2 is 2.12 bits per heavy atom. The predicted octanol–water partition coefficient (Wildman–Crippen LogP) is 1.52. The van der Waals surface area contributed by atoms with Gasteiger partial charge >= 0.3 is 0 Å². The number of ether oxygens (including phenoxy) is 1. The van der Waals surface area contributed by atoms with Gasteiger partial charge in [0.1, 0.15) is 0 Å². The molecule has 2 aromatic rings. The number of hydrogen-bond donors (Lipinski definition) is 1. The molecule has 88 valence electrons. The van der Waals surface area contributed by atoms with Gasteiger partial charge in [0.05, 0.1) is 23.3 Å². The molecule has 5 heteroatoms. The molecule has 0 saturated heterocycles. The second-order valence-electron chi connectivity index (χ2n) is 3.94. The van der Waals surface area contributed by atoms with Gasteiger partial charge < -0.3 is 10.5 Å². The first-order valence-corrected chi connectivity index (χ1v) is 5.29. The number of fused-ring (bicyclic) bond motifs is 1. The van der Waals surface area contributed by atoms with Crippen molar-refractivity contribution >= 4 is 16.9 Å². The largest absolute Gasteiger partial charge is 0.474 e. The minimum absolute atomic E-state index is 0.0478. The van der Waals surface area contributed by atoms with Crippen molar-refractivity contribution < 1.29 is 9.53 Å². The molecule has 0 aliphatic rings. The second kappa shape index (κ2) is 4.37. The van der Waals surface area contributed by atoms with E-state index >= 15 is 0 Å². The van der Waals surface area contributed by atoms with Crippen LogP contribution < -0.4 is 10.5 Å². The van der Waals surface area contributed by atoms with Crippen molar-refractivity contribution in [1.29, 1.82) is 0 Å². The molecule has 2 N–H and O–H groups in total. The van der Waals surface area contributed by atoms with Crippen molar-refractivity contribution in [3.63, 3.8) is 0 Å². The number of hydrogen-bond acceptors (Lipinski definition) is 4. The lowest BCUT2D eigenvalue weighted by molar-refractivity contribution is 0.100. The van der Waals surface area contributed by atoms with Crippen molar-refractivity contribution in [1.82, 2.24) is 9.97 Å². The minimum atomic E-state index is -0.476. The van der Waals surface area contributed by atoms with Crippen LogP contribution in [0.3, 0.4) is 0 Å². The summed E-state index contributed by atoms with van der Waals surface area (Å²) in [5.74, 6) is -0.00414. The van der Waals surface area contributed by atoms with Crippen molar-refractivity contribution in [2.45, 2.75) is 20.0 Å². The molecule has 0 bridgehead atoms. The van der Waals surface area contributed by atoms with Crippen molar-refractivity contribution in [3.05, 3.63) is 30.0 Å². The molecular weight excluding hydrogens is 218 g/mol. The Hall–Kier alpha value is -2.17. The number of benzene rings is 1. The number of rotatable bonds is 3. The minimum Gasteiger partial charge on any atom is -0.474 e. The fourth-order valence-corrected chi connectivity index (χ4v) is 1.45. The Kier molecular flexibility index (Phi) is 2.91. The van der Waals surface area contributed by atoms with E-state index in [0.717, 1.165) is 0 Å². The first-order valence-electron chi connectivity index (χ1n) is 5.29.